The Balaban J connectivity index is 2.66. The molecule has 0 aromatic heterocycles. The van der Waals surface area contributed by atoms with Gasteiger partial charge >= 0.3 is 0 Å². The van der Waals surface area contributed by atoms with Crippen molar-refractivity contribution in [1.29, 1.82) is 0 Å². The van der Waals surface area contributed by atoms with Crippen LogP contribution in [0.5, 0.6) is 0 Å². The lowest BCUT2D eigenvalue weighted by Gasteiger charge is -2.22. The van der Waals surface area contributed by atoms with Crippen LogP contribution in [0.3, 0.4) is 0 Å². The molecule has 3 atom stereocenters. The number of terminal acetylenes is 2. The van der Waals surface area contributed by atoms with E-state index in [-0.39, 0.29) is 5.92 Å². The minimum atomic E-state index is -1.23. The third-order valence-corrected chi connectivity index (χ3v) is 2.54. The Morgan fingerprint density at radius 2 is 2.18 bits per heavy atom. The van der Waals surface area contributed by atoms with E-state index in [4.69, 9.17) is 17.0 Å². The quantitative estimate of drug-likeness (QED) is 0.487. The van der Waals surface area contributed by atoms with E-state index in [1.165, 1.54) is 0 Å². The van der Waals surface area contributed by atoms with Crippen LogP contribution in [-0.4, -0.2) is 16.1 Å². The van der Waals surface area contributed by atoms with E-state index < -0.39 is 17.2 Å². The molecular weight excluding hydrogens is 160 g/mol. The van der Waals surface area contributed by atoms with E-state index in [0.29, 0.717) is 12.2 Å². The molecule has 0 aliphatic carbocycles. The molecule has 0 bridgehead atoms. The van der Waals surface area contributed by atoms with Crippen LogP contribution in [0.1, 0.15) is 6.42 Å². The standard InChI is InChI=1S/C8H8O2S/c1-3-7-5-6-11(9)10-8(7)4-2/h1-2,7-8H,5-6H2. The summed E-state index contributed by atoms with van der Waals surface area (Å²) >= 11 is -1.23. The van der Waals surface area contributed by atoms with Crippen LogP contribution in [0.25, 0.3) is 0 Å². The number of rotatable bonds is 0. The van der Waals surface area contributed by atoms with Gasteiger partial charge < -0.3 is 0 Å². The van der Waals surface area contributed by atoms with Crippen LogP contribution in [0.4, 0.5) is 0 Å². The fourth-order valence-electron chi connectivity index (χ4n) is 0.920. The second kappa shape index (κ2) is 3.57. The van der Waals surface area contributed by atoms with Crippen molar-refractivity contribution in [2.45, 2.75) is 12.5 Å². The van der Waals surface area contributed by atoms with Gasteiger partial charge in [0.05, 0.1) is 11.7 Å². The van der Waals surface area contributed by atoms with Gasteiger partial charge in [-0.15, -0.1) is 12.8 Å². The lowest BCUT2D eigenvalue weighted by Crippen LogP contribution is -2.29. The van der Waals surface area contributed by atoms with E-state index in [0.717, 1.165) is 0 Å². The molecule has 2 nitrogen and oxygen atoms in total. The van der Waals surface area contributed by atoms with Crippen LogP contribution in [0.15, 0.2) is 0 Å². The topological polar surface area (TPSA) is 26.3 Å². The maximum atomic E-state index is 10.8. The SMILES string of the molecule is C#CC1CCS(=O)OC1C#C. The summed E-state index contributed by atoms with van der Waals surface area (Å²) in [7, 11) is 0. The van der Waals surface area contributed by atoms with Gasteiger partial charge in [-0.05, 0) is 6.42 Å². The van der Waals surface area contributed by atoms with E-state index in [9.17, 15) is 4.21 Å². The second-order valence-electron chi connectivity index (χ2n) is 2.25. The molecule has 1 fully saturated rings. The van der Waals surface area contributed by atoms with Gasteiger partial charge in [0.2, 0.25) is 0 Å². The van der Waals surface area contributed by atoms with Crippen molar-refractivity contribution in [1.82, 2.24) is 0 Å². The summed E-state index contributed by atoms with van der Waals surface area (Å²) < 4.78 is 15.8. The molecule has 1 heterocycles. The zero-order valence-corrected chi connectivity index (χ0v) is 6.76. The van der Waals surface area contributed by atoms with Gasteiger partial charge in [0.15, 0.2) is 11.1 Å². The van der Waals surface area contributed by atoms with Crippen LogP contribution >= 0.6 is 0 Å². The molecule has 0 spiro atoms. The third-order valence-electron chi connectivity index (χ3n) is 1.55. The molecule has 58 valence electrons. The summed E-state index contributed by atoms with van der Waals surface area (Å²) in [6.07, 6.45) is 10.5. The minimum Gasteiger partial charge on any atom is -0.273 e. The fourth-order valence-corrected chi connectivity index (χ4v) is 1.88. The van der Waals surface area contributed by atoms with Crippen molar-refractivity contribution in [2.24, 2.45) is 5.92 Å². The molecule has 1 rings (SSSR count). The van der Waals surface area contributed by atoms with Crippen LogP contribution < -0.4 is 0 Å². The highest BCUT2D eigenvalue weighted by atomic mass is 32.2. The lowest BCUT2D eigenvalue weighted by molar-refractivity contribution is 0.219. The molecule has 1 aliphatic heterocycles. The lowest BCUT2D eigenvalue weighted by atomic mass is 10.0. The Morgan fingerprint density at radius 1 is 1.45 bits per heavy atom. The molecule has 3 heteroatoms. The molecule has 0 aromatic rings. The van der Waals surface area contributed by atoms with Gasteiger partial charge in [-0.2, -0.15) is 0 Å². The predicted octanol–water partition coefficient (Wildman–Crippen LogP) is 0.322. The van der Waals surface area contributed by atoms with Crippen LogP contribution in [0, 0.1) is 30.6 Å². The Bertz CT molecular complexity index is 246. The van der Waals surface area contributed by atoms with Gasteiger partial charge in [-0.25, -0.2) is 4.21 Å². The average molecular weight is 168 g/mol. The van der Waals surface area contributed by atoms with Gasteiger partial charge in [-0.3, -0.25) is 4.18 Å². The second-order valence-corrected chi connectivity index (χ2v) is 3.46. The smallest absolute Gasteiger partial charge is 0.156 e. The van der Waals surface area contributed by atoms with Gasteiger partial charge in [0.25, 0.3) is 0 Å². The van der Waals surface area contributed by atoms with Crippen molar-refractivity contribution in [3.05, 3.63) is 0 Å². The first-order chi connectivity index (χ1) is 5.27. The molecule has 0 radical (unpaired) electrons. The van der Waals surface area contributed by atoms with Crippen LogP contribution in [0.2, 0.25) is 0 Å². The molecule has 0 N–H and O–H groups in total. The van der Waals surface area contributed by atoms with E-state index in [1.807, 2.05) is 0 Å². The average Bonchev–Trinajstić information content (AvgIpc) is 2.04. The van der Waals surface area contributed by atoms with Crippen molar-refractivity contribution in [3.8, 4) is 24.7 Å². The number of hydrogen-bond acceptors (Lipinski definition) is 2. The summed E-state index contributed by atoms with van der Waals surface area (Å²) in [5.41, 5.74) is 0. The molecule has 0 saturated carbocycles. The van der Waals surface area contributed by atoms with Gasteiger partial charge in [0.1, 0.15) is 6.10 Å². The summed E-state index contributed by atoms with van der Waals surface area (Å²) in [5.74, 6) is 5.32. The van der Waals surface area contributed by atoms with Crippen molar-refractivity contribution >= 4 is 11.1 Å². The third kappa shape index (κ3) is 1.83. The predicted molar refractivity (Wildman–Crippen MR) is 43.7 cm³/mol. The molecule has 11 heavy (non-hydrogen) atoms. The van der Waals surface area contributed by atoms with Crippen molar-refractivity contribution in [2.75, 3.05) is 5.75 Å². The number of hydrogen-bond donors (Lipinski definition) is 0. The van der Waals surface area contributed by atoms with E-state index in [1.54, 1.807) is 0 Å². The highest BCUT2D eigenvalue weighted by Gasteiger charge is 2.26. The molecular formula is C8H8O2S. The summed E-state index contributed by atoms with van der Waals surface area (Å²) in [6, 6.07) is 0. The summed E-state index contributed by atoms with van der Waals surface area (Å²) in [6.45, 7) is 0. The molecule has 0 amide bonds. The maximum Gasteiger partial charge on any atom is 0.156 e. The maximum absolute atomic E-state index is 10.8. The largest absolute Gasteiger partial charge is 0.273 e. The van der Waals surface area contributed by atoms with Crippen molar-refractivity contribution in [3.63, 3.8) is 0 Å². The molecule has 1 aliphatic rings. The van der Waals surface area contributed by atoms with Gasteiger partial charge in [-0.1, -0.05) is 11.8 Å². The molecule has 1 saturated heterocycles. The van der Waals surface area contributed by atoms with E-state index in [2.05, 4.69) is 11.8 Å². The summed E-state index contributed by atoms with van der Waals surface area (Å²) in [5, 5.41) is 0. The summed E-state index contributed by atoms with van der Waals surface area (Å²) in [4.78, 5) is 0. The monoisotopic (exact) mass is 168 g/mol. The zero-order chi connectivity index (χ0) is 8.27. The normalized spacial score (nSPS) is 37.1. The van der Waals surface area contributed by atoms with Crippen LogP contribution in [-0.2, 0) is 15.3 Å². The first kappa shape index (κ1) is 8.33. The minimum absolute atomic E-state index is 0.0716. The molecule has 3 unspecified atom stereocenters. The fraction of sp³-hybridized carbons (Fsp3) is 0.500. The zero-order valence-electron chi connectivity index (χ0n) is 5.95. The first-order valence-corrected chi connectivity index (χ1v) is 4.50. The highest BCUT2D eigenvalue weighted by Crippen LogP contribution is 2.18. The van der Waals surface area contributed by atoms with Gasteiger partial charge in [0, 0.05) is 0 Å². The Labute approximate surface area is 69.0 Å². The first-order valence-electron chi connectivity index (χ1n) is 3.25. The Morgan fingerprint density at radius 3 is 2.73 bits per heavy atom. The Hall–Kier alpha value is -0.770. The highest BCUT2D eigenvalue weighted by molar-refractivity contribution is 7.80. The van der Waals surface area contributed by atoms with E-state index >= 15 is 0 Å². The Kier molecular flexibility index (Phi) is 2.70. The van der Waals surface area contributed by atoms with Crippen molar-refractivity contribution < 1.29 is 8.39 Å². The molecule has 0 aromatic carbocycles.